The smallest absolute Gasteiger partial charge is 0.224 e. The third kappa shape index (κ3) is 5.54. The van der Waals surface area contributed by atoms with Gasteiger partial charge in [0.15, 0.2) is 0 Å². The molecule has 4 rings (SSSR count). The van der Waals surface area contributed by atoms with E-state index in [9.17, 15) is 9.18 Å². The van der Waals surface area contributed by atoms with Crippen molar-refractivity contribution in [3.63, 3.8) is 0 Å². The molecule has 166 valence electrons. The SMILES string of the molecule is C[C@@H](NC(=O)[C@@H]1CC[C@@H](N2CCOCC2)C[C@H]1c1ccc(Br)cc1)c1ccc(F)cc1. The summed E-state index contributed by atoms with van der Waals surface area (Å²) in [7, 11) is 0. The third-order valence-electron chi connectivity index (χ3n) is 6.75. The van der Waals surface area contributed by atoms with Crippen molar-refractivity contribution in [2.45, 2.75) is 44.2 Å². The number of carbonyl (C=O) groups is 1. The number of halogens is 2. The van der Waals surface area contributed by atoms with Gasteiger partial charge >= 0.3 is 0 Å². The summed E-state index contributed by atoms with van der Waals surface area (Å²) in [5, 5.41) is 3.19. The van der Waals surface area contributed by atoms with Gasteiger partial charge in [0.1, 0.15) is 5.82 Å². The lowest BCUT2D eigenvalue weighted by Gasteiger charge is -2.42. The van der Waals surface area contributed by atoms with Crippen LogP contribution in [0.2, 0.25) is 0 Å². The van der Waals surface area contributed by atoms with Gasteiger partial charge < -0.3 is 10.1 Å². The molecule has 0 unspecified atom stereocenters. The zero-order chi connectivity index (χ0) is 21.8. The molecule has 1 saturated carbocycles. The van der Waals surface area contributed by atoms with Gasteiger partial charge in [-0.1, -0.05) is 40.2 Å². The van der Waals surface area contributed by atoms with Crippen LogP contribution >= 0.6 is 15.9 Å². The van der Waals surface area contributed by atoms with Crippen molar-refractivity contribution in [2.24, 2.45) is 5.92 Å². The van der Waals surface area contributed by atoms with Gasteiger partial charge in [0.2, 0.25) is 5.91 Å². The summed E-state index contributed by atoms with van der Waals surface area (Å²) in [4.78, 5) is 15.9. The molecule has 31 heavy (non-hydrogen) atoms. The van der Waals surface area contributed by atoms with Crippen LogP contribution in [0.5, 0.6) is 0 Å². The molecule has 1 amide bonds. The minimum absolute atomic E-state index is 0.0682. The van der Waals surface area contributed by atoms with Gasteiger partial charge in [0.05, 0.1) is 19.3 Å². The first-order valence-corrected chi connectivity index (χ1v) is 11.9. The number of nitrogens with one attached hydrogen (secondary N) is 1. The fourth-order valence-corrected chi connectivity index (χ4v) is 5.23. The van der Waals surface area contributed by atoms with E-state index in [1.165, 1.54) is 17.7 Å². The largest absolute Gasteiger partial charge is 0.379 e. The van der Waals surface area contributed by atoms with Crippen LogP contribution in [0.1, 0.15) is 49.3 Å². The number of hydrogen-bond donors (Lipinski definition) is 1. The second-order valence-electron chi connectivity index (χ2n) is 8.66. The average Bonchev–Trinajstić information content (AvgIpc) is 2.80. The van der Waals surface area contributed by atoms with Crippen LogP contribution in [0.3, 0.4) is 0 Å². The maximum Gasteiger partial charge on any atom is 0.224 e. The number of hydrogen-bond acceptors (Lipinski definition) is 3. The van der Waals surface area contributed by atoms with Crippen molar-refractivity contribution in [3.05, 3.63) is 69.9 Å². The van der Waals surface area contributed by atoms with Gasteiger partial charge in [-0.3, -0.25) is 9.69 Å². The van der Waals surface area contributed by atoms with E-state index in [-0.39, 0.29) is 29.6 Å². The van der Waals surface area contributed by atoms with Gasteiger partial charge in [-0.05, 0) is 67.5 Å². The number of morpholine rings is 1. The summed E-state index contributed by atoms with van der Waals surface area (Å²) >= 11 is 3.52. The first-order valence-electron chi connectivity index (χ1n) is 11.1. The minimum atomic E-state index is -0.265. The van der Waals surface area contributed by atoms with Crippen molar-refractivity contribution in [1.82, 2.24) is 10.2 Å². The molecule has 1 saturated heterocycles. The number of carbonyl (C=O) groups excluding carboxylic acids is 1. The number of benzene rings is 2. The highest BCUT2D eigenvalue weighted by Gasteiger charge is 2.38. The van der Waals surface area contributed by atoms with E-state index in [4.69, 9.17) is 4.74 Å². The molecule has 0 bridgehead atoms. The fourth-order valence-electron chi connectivity index (χ4n) is 4.97. The minimum Gasteiger partial charge on any atom is -0.379 e. The van der Waals surface area contributed by atoms with Crippen LogP contribution < -0.4 is 5.32 Å². The molecule has 1 aliphatic heterocycles. The molecule has 0 radical (unpaired) electrons. The Morgan fingerprint density at radius 3 is 2.45 bits per heavy atom. The van der Waals surface area contributed by atoms with Crippen molar-refractivity contribution in [2.75, 3.05) is 26.3 Å². The predicted molar refractivity (Wildman–Crippen MR) is 123 cm³/mol. The van der Waals surface area contributed by atoms with Crippen LogP contribution in [0.25, 0.3) is 0 Å². The standard InChI is InChI=1S/C25H30BrFN2O2/c1-17(18-4-8-21(27)9-5-18)28-25(30)23-11-10-22(29-12-14-31-15-13-29)16-24(23)19-2-6-20(26)7-3-19/h2-9,17,22-24H,10-16H2,1H3,(H,28,30)/t17-,22-,23-,24+/m1/s1. The highest BCUT2D eigenvalue weighted by Crippen LogP contribution is 2.40. The Morgan fingerprint density at radius 2 is 1.77 bits per heavy atom. The zero-order valence-electron chi connectivity index (χ0n) is 17.9. The lowest BCUT2D eigenvalue weighted by atomic mass is 9.72. The van der Waals surface area contributed by atoms with E-state index in [1.807, 2.05) is 6.92 Å². The molecule has 1 heterocycles. The fraction of sp³-hybridized carbons (Fsp3) is 0.480. The lowest BCUT2D eigenvalue weighted by Crippen LogP contribution is -2.48. The first kappa shape index (κ1) is 22.4. The number of ether oxygens (including phenoxy) is 1. The van der Waals surface area contributed by atoms with Crippen LogP contribution in [-0.4, -0.2) is 43.2 Å². The molecule has 4 atom stereocenters. The van der Waals surface area contributed by atoms with E-state index in [1.54, 1.807) is 12.1 Å². The molecule has 4 nitrogen and oxygen atoms in total. The Labute approximate surface area is 192 Å². The highest BCUT2D eigenvalue weighted by molar-refractivity contribution is 9.10. The number of nitrogens with zero attached hydrogens (tertiary/aromatic N) is 1. The number of rotatable bonds is 5. The molecule has 1 N–H and O–H groups in total. The monoisotopic (exact) mass is 488 g/mol. The Morgan fingerprint density at radius 1 is 1.10 bits per heavy atom. The summed E-state index contributed by atoms with van der Waals surface area (Å²) in [6.45, 7) is 5.47. The Kier molecular flexibility index (Phi) is 7.41. The summed E-state index contributed by atoms with van der Waals surface area (Å²) in [6, 6.07) is 15.1. The van der Waals surface area contributed by atoms with E-state index in [0.717, 1.165) is 55.6 Å². The van der Waals surface area contributed by atoms with Crippen molar-refractivity contribution < 1.29 is 13.9 Å². The van der Waals surface area contributed by atoms with E-state index >= 15 is 0 Å². The molecule has 2 aromatic rings. The molecule has 0 aromatic heterocycles. The molecule has 2 aliphatic rings. The van der Waals surface area contributed by atoms with Crippen LogP contribution in [0.4, 0.5) is 4.39 Å². The molecule has 1 aliphatic carbocycles. The normalized spacial score (nSPS) is 25.7. The third-order valence-corrected chi connectivity index (χ3v) is 7.28. The van der Waals surface area contributed by atoms with Gasteiger partial charge in [0.25, 0.3) is 0 Å². The molecular formula is C25H30BrFN2O2. The maximum atomic E-state index is 13.4. The first-order chi connectivity index (χ1) is 15.0. The molecule has 0 spiro atoms. The van der Waals surface area contributed by atoms with E-state index in [0.29, 0.717) is 6.04 Å². The van der Waals surface area contributed by atoms with Crippen LogP contribution in [0.15, 0.2) is 53.0 Å². The molecule has 2 aromatic carbocycles. The van der Waals surface area contributed by atoms with Crippen LogP contribution in [0, 0.1) is 11.7 Å². The Balaban J connectivity index is 1.50. The van der Waals surface area contributed by atoms with Crippen molar-refractivity contribution in [1.29, 1.82) is 0 Å². The molecular weight excluding hydrogens is 459 g/mol. The summed E-state index contributed by atoms with van der Waals surface area (Å²) in [5.41, 5.74) is 2.13. The Hall–Kier alpha value is -1.76. The van der Waals surface area contributed by atoms with Gasteiger partial charge in [-0.25, -0.2) is 4.39 Å². The quantitative estimate of drug-likeness (QED) is 0.639. The summed E-state index contributed by atoms with van der Waals surface area (Å²) < 4.78 is 19.8. The van der Waals surface area contributed by atoms with Crippen molar-refractivity contribution >= 4 is 21.8 Å². The maximum absolute atomic E-state index is 13.4. The zero-order valence-corrected chi connectivity index (χ0v) is 19.5. The topological polar surface area (TPSA) is 41.6 Å². The van der Waals surface area contributed by atoms with Crippen molar-refractivity contribution in [3.8, 4) is 0 Å². The Bertz CT molecular complexity index is 868. The van der Waals surface area contributed by atoms with Crippen LogP contribution in [-0.2, 0) is 9.53 Å². The number of amides is 1. The molecule has 2 fully saturated rings. The summed E-state index contributed by atoms with van der Waals surface area (Å²) in [6.07, 6.45) is 2.87. The van der Waals surface area contributed by atoms with Gasteiger partial charge in [-0.15, -0.1) is 0 Å². The second-order valence-corrected chi connectivity index (χ2v) is 9.58. The van der Waals surface area contributed by atoms with Gasteiger partial charge in [0, 0.05) is 29.5 Å². The summed E-state index contributed by atoms with van der Waals surface area (Å²) in [5.74, 6) is -0.0688. The molecule has 6 heteroatoms. The highest BCUT2D eigenvalue weighted by atomic mass is 79.9. The predicted octanol–water partition coefficient (Wildman–Crippen LogP) is 5.05. The second kappa shape index (κ2) is 10.2. The van der Waals surface area contributed by atoms with Gasteiger partial charge in [-0.2, -0.15) is 0 Å². The lowest BCUT2D eigenvalue weighted by molar-refractivity contribution is -0.128. The average molecular weight is 489 g/mol. The van der Waals surface area contributed by atoms with E-state index < -0.39 is 0 Å². The van der Waals surface area contributed by atoms with E-state index in [2.05, 4.69) is 50.4 Å².